The van der Waals surface area contributed by atoms with Gasteiger partial charge in [-0.25, -0.2) is 12.7 Å². The van der Waals surface area contributed by atoms with Crippen molar-refractivity contribution in [1.82, 2.24) is 4.31 Å². The summed E-state index contributed by atoms with van der Waals surface area (Å²) >= 11 is 0. The van der Waals surface area contributed by atoms with Crippen molar-refractivity contribution < 1.29 is 17.9 Å². The topological polar surface area (TPSA) is 89.7 Å². The second-order valence-electron chi connectivity index (χ2n) is 5.24. The van der Waals surface area contributed by atoms with Gasteiger partial charge in [-0.1, -0.05) is 0 Å². The molecular weight excluding hydrogens is 280 g/mol. The summed E-state index contributed by atoms with van der Waals surface area (Å²) in [6, 6.07) is 4.28. The molecular formula is C13H16N2O4S. The third kappa shape index (κ3) is 1.97. The lowest BCUT2D eigenvalue weighted by atomic mass is 10.1. The van der Waals surface area contributed by atoms with Crippen molar-refractivity contribution in [1.29, 1.82) is 0 Å². The van der Waals surface area contributed by atoms with Crippen LogP contribution < -0.4 is 5.73 Å². The molecule has 20 heavy (non-hydrogen) atoms. The molecule has 6 nitrogen and oxygen atoms in total. The Hall–Kier alpha value is -1.60. The molecule has 7 heteroatoms. The highest BCUT2D eigenvalue weighted by molar-refractivity contribution is 7.90. The standard InChI is InChI=1S/C13H16N2O4S/c1-8-2-4-10(19-8)7-15-13(16)11-6-9(14)3-5-12(11)20(15,17)18/h3,5-6,8,10H,2,4,7,14H2,1H3. The lowest BCUT2D eigenvalue weighted by Gasteiger charge is -2.19. The Labute approximate surface area is 117 Å². The number of hydrogen-bond acceptors (Lipinski definition) is 5. The molecule has 2 unspecified atom stereocenters. The van der Waals surface area contributed by atoms with E-state index in [1.807, 2.05) is 6.92 Å². The fourth-order valence-electron chi connectivity index (χ4n) is 2.69. The Morgan fingerprint density at radius 1 is 1.40 bits per heavy atom. The Morgan fingerprint density at radius 2 is 2.15 bits per heavy atom. The number of nitrogen functional groups attached to an aromatic ring is 1. The molecule has 2 aliphatic heterocycles. The van der Waals surface area contributed by atoms with Crippen molar-refractivity contribution in [3.8, 4) is 0 Å². The van der Waals surface area contributed by atoms with Crippen LogP contribution in [0.5, 0.6) is 0 Å². The third-order valence-electron chi connectivity index (χ3n) is 3.72. The molecule has 1 fully saturated rings. The fraction of sp³-hybridized carbons (Fsp3) is 0.462. The van der Waals surface area contributed by atoms with Crippen molar-refractivity contribution in [2.24, 2.45) is 0 Å². The van der Waals surface area contributed by atoms with E-state index in [2.05, 4.69) is 0 Å². The lowest BCUT2D eigenvalue weighted by Crippen LogP contribution is -2.37. The quantitative estimate of drug-likeness (QED) is 0.822. The van der Waals surface area contributed by atoms with Crippen LogP contribution in [0.2, 0.25) is 0 Å². The second-order valence-corrected chi connectivity index (χ2v) is 7.07. The average molecular weight is 296 g/mol. The van der Waals surface area contributed by atoms with Crippen molar-refractivity contribution in [3.05, 3.63) is 23.8 Å². The summed E-state index contributed by atoms with van der Waals surface area (Å²) in [5.41, 5.74) is 6.14. The summed E-state index contributed by atoms with van der Waals surface area (Å²) < 4.78 is 31.3. The van der Waals surface area contributed by atoms with E-state index in [9.17, 15) is 13.2 Å². The van der Waals surface area contributed by atoms with Gasteiger partial charge < -0.3 is 10.5 Å². The van der Waals surface area contributed by atoms with Crippen LogP contribution in [0.25, 0.3) is 0 Å². The molecule has 1 aromatic carbocycles. The molecule has 3 rings (SSSR count). The monoisotopic (exact) mass is 296 g/mol. The zero-order valence-electron chi connectivity index (χ0n) is 11.1. The van der Waals surface area contributed by atoms with Gasteiger partial charge in [-0.05, 0) is 38.0 Å². The molecule has 2 heterocycles. The van der Waals surface area contributed by atoms with Crippen molar-refractivity contribution >= 4 is 21.6 Å². The number of anilines is 1. The molecule has 0 saturated carbocycles. The van der Waals surface area contributed by atoms with Crippen LogP contribution in [0.3, 0.4) is 0 Å². The number of ether oxygens (including phenoxy) is 1. The van der Waals surface area contributed by atoms with E-state index >= 15 is 0 Å². The molecule has 1 aromatic rings. The number of amides is 1. The SMILES string of the molecule is CC1CCC(CN2C(=O)c3cc(N)ccc3S2(=O)=O)O1. The first-order valence-electron chi connectivity index (χ1n) is 6.51. The first kappa shape index (κ1) is 13.4. The smallest absolute Gasteiger partial charge is 0.269 e. The highest BCUT2D eigenvalue weighted by Gasteiger charge is 2.43. The molecule has 2 atom stereocenters. The number of carbonyl (C=O) groups is 1. The van der Waals surface area contributed by atoms with E-state index in [1.165, 1.54) is 18.2 Å². The van der Waals surface area contributed by atoms with Gasteiger partial charge >= 0.3 is 0 Å². The van der Waals surface area contributed by atoms with Crippen LogP contribution in [0.4, 0.5) is 5.69 Å². The molecule has 0 radical (unpaired) electrons. The fourth-order valence-corrected chi connectivity index (χ4v) is 4.27. The second kappa shape index (κ2) is 4.46. The summed E-state index contributed by atoms with van der Waals surface area (Å²) in [6.07, 6.45) is 1.53. The van der Waals surface area contributed by atoms with Gasteiger partial charge in [0, 0.05) is 5.69 Å². The van der Waals surface area contributed by atoms with Gasteiger partial charge in [0.05, 0.1) is 24.3 Å². The van der Waals surface area contributed by atoms with E-state index in [4.69, 9.17) is 10.5 Å². The molecule has 0 aromatic heterocycles. The maximum atomic E-state index is 12.4. The van der Waals surface area contributed by atoms with E-state index in [0.717, 1.165) is 17.1 Å². The molecule has 2 aliphatic rings. The van der Waals surface area contributed by atoms with Crippen LogP contribution in [-0.2, 0) is 14.8 Å². The number of rotatable bonds is 2. The summed E-state index contributed by atoms with van der Waals surface area (Å²) in [6.45, 7) is 2.01. The molecule has 0 aliphatic carbocycles. The minimum atomic E-state index is -3.77. The van der Waals surface area contributed by atoms with Crippen LogP contribution in [-0.4, -0.2) is 37.4 Å². The summed E-state index contributed by atoms with van der Waals surface area (Å²) in [5.74, 6) is -0.518. The van der Waals surface area contributed by atoms with Crippen LogP contribution >= 0.6 is 0 Å². The number of nitrogens with two attached hydrogens (primary N) is 1. The van der Waals surface area contributed by atoms with E-state index < -0.39 is 15.9 Å². The Morgan fingerprint density at radius 3 is 2.80 bits per heavy atom. The summed E-state index contributed by atoms with van der Waals surface area (Å²) in [5, 5.41) is 0. The number of nitrogens with zero attached hydrogens (tertiary/aromatic N) is 1. The summed E-state index contributed by atoms with van der Waals surface area (Å²) in [4.78, 5) is 12.3. The number of hydrogen-bond donors (Lipinski definition) is 1. The van der Waals surface area contributed by atoms with Crippen molar-refractivity contribution in [2.75, 3.05) is 12.3 Å². The normalized spacial score (nSPS) is 27.9. The number of carbonyl (C=O) groups excluding carboxylic acids is 1. The predicted octanol–water partition coefficient (Wildman–Crippen LogP) is 0.981. The maximum Gasteiger partial charge on any atom is 0.269 e. The van der Waals surface area contributed by atoms with Gasteiger partial charge in [0.1, 0.15) is 4.90 Å². The van der Waals surface area contributed by atoms with E-state index in [-0.39, 0.29) is 29.2 Å². The number of fused-ring (bicyclic) bond motifs is 1. The Bertz CT molecular complexity index is 671. The minimum absolute atomic E-state index is 0.0303. The van der Waals surface area contributed by atoms with Gasteiger partial charge in [0.25, 0.3) is 15.9 Å². The zero-order valence-corrected chi connectivity index (χ0v) is 11.9. The average Bonchev–Trinajstić information content (AvgIpc) is 2.86. The van der Waals surface area contributed by atoms with Crippen LogP contribution in [0.1, 0.15) is 30.1 Å². The zero-order chi connectivity index (χ0) is 14.5. The Balaban J connectivity index is 1.93. The first-order valence-corrected chi connectivity index (χ1v) is 7.95. The summed E-state index contributed by atoms with van der Waals surface area (Å²) in [7, 11) is -3.77. The van der Waals surface area contributed by atoms with Gasteiger partial charge in [-0.15, -0.1) is 0 Å². The lowest BCUT2D eigenvalue weighted by molar-refractivity contribution is 0.0419. The maximum absolute atomic E-state index is 12.4. The van der Waals surface area contributed by atoms with Gasteiger partial charge in [0.2, 0.25) is 0 Å². The largest absolute Gasteiger partial charge is 0.399 e. The molecule has 2 N–H and O–H groups in total. The number of benzene rings is 1. The first-order chi connectivity index (χ1) is 9.39. The molecule has 1 amide bonds. The van der Waals surface area contributed by atoms with Gasteiger partial charge in [-0.3, -0.25) is 4.79 Å². The van der Waals surface area contributed by atoms with Crippen LogP contribution in [0, 0.1) is 0 Å². The van der Waals surface area contributed by atoms with Gasteiger partial charge in [0.15, 0.2) is 0 Å². The van der Waals surface area contributed by atoms with Gasteiger partial charge in [-0.2, -0.15) is 0 Å². The predicted molar refractivity (Wildman–Crippen MR) is 72.6 cm³/mol. The molecule has 0 bridgehead atoms. The number of sulfonamides is 1. The van der Waals surface area contributed by atoms with E-state index in [1.54, 1.807) is 0 Å². The molecule has 0 spiro atoms. The van der Waals surface area contributed by atoms with Crippen molar-refractivity contribution in [2.45, 2.75) is 36.9 Å². The highest BCUT2D eigenvalue weighted by atomic mass is 32.2. The van der Waals surface area contributed by atoms with Crippen LogP contribution in [0.15, 0.2) is 23.1 Å². The molecule has 1 saturated heterocycles. The van der Waals surface area contributed by atoms with Crippen molar-refractivity contribution in [3.63, 3.8) is 0 Å². The Kier molecular flexibility index (Phi) is 2.98. The minimum Gasteiger partial charge on any atom is -0.399 e. The van der Waals surface area contributed by atoms with E-state index in [0.29, 0.717) is 5.69 Å². The molecule has 108 valence electrons. The highest BCUT2D eigenvalue weighted by Crippen LogP contribution is 2.33. The third-order valence-corrected chi connectivity index (χ3v) is 5.52.